The predicted octanol–water partition coefficient (Wildman–Crippen LogP) is 4.44. The topological polar surface area (TPSA) is 23.9 Å². The van der Waals surface area contributed by atoms with Crippen molar-refractivity contribution in [3.05, 3.63) is 35.4 Å². The quantitative estimate of drug-likeness (QED) is 0.647. The van der Waals surface area contributed by atoms with Gasteiger partial charge in [-0.1, -0.05) is 52.0 Å². The van der Waals surface area contributed by atoms with Crippen molar-refractivity contribution >= 4 is 5.71 Å². The second kappa shape index (κ2) is 8.22. The van der Waals surface area contributed by atoms with E-state index in [1.807, 2.05) is 33.8 Å². The number of fused-ring (bicyclic) bond motifs is 1. The summed E-state index contributed by atoms with van der Waals surface area (Å²) in [6.07, 6.45) is 3.26. The SMILES string of the molecule is CC.CC.N=C1CCCc2ccccc21. The van der Waals surface area contributed by atoms with E-state index in [0.717, 1.165) is 25.0 Å². The summed E-state index contributed by atoms with van der Waals surface area (Å²) in [6, 6.07) is 8.25. The van der Waals surface area contributed by atoms with Gasteiger partial charge in [0, 0.05) is 5.71 Å². The Morgan fingerprint density at radius 1 is 0.933 bits per heavy atom. The second-order valence-corrected chi connectivity index (χ2v) is 2.99. The van der Waals surface area contributed by atoms with Gasteiger partial charge in [-0.15, -0.1) is 0 Å². The third kappa shape index (κ3) is 3.86. The van der Waals surface area contributed by atoms with Crippen molar-refractivity contribution in [3.63, 3.8) is 0 Å². The average molecular weight is 205 g/mol. The minimum Gasteiger partial charge on any atom is -0.305 e. The number of hydrogen-bond donors (Lipinski definition) is 1. The Labute approximate surface area is 94.0 Å². The summed E-state index contributed by atoms with van der Waals surface area (Å²) >= 11 is 0. The van der Waals surface area contributed by atoms with Crippen LogP contribution >= 0.6 is 0 Å². The molecule has 0 spiro atoms. The summed E-state index contributed by atoms with van der Waals surface area (Å²) in [5.74, 6) is 0. The summed E-state index contributed by atoms with van der Waals surface area (Å²) < 4.78 is 0. The molecule has 0 heterocycles. The maximum Gasteiger partial charge on any atom is 0.0389 e. The van der Waals surface area contributed by atoms with Gasteiger partial charge in [0.2, 0.25) is 0 Å². The predicted molar refractivity (Wildman–Crippen MR) is 68.9 cm³/mol. The summed E-state index contributed by atoms with van der Waals surface area (Å²) in [7, 11) is 0. The molecule has 0 bridgehead atoms. The van der Waals surface area contributed by atoms with E-state index in [1.54, 1.807) is 0 Å². The van der Waals surface area contributed by atoms with E-state index >= 15 is 0 Å². The van der Waals surface area contributed by atoms with Crippen molar-refractivity contribution in [1.29, 1.82) is 5.41 Å². The van der Waals surface area contributed by atoms with E-state index in [1.165, 1.54) is 11.1 Å². The van der Waals surface area contributed by atoms with Crippen molar-refractivity contribution in [2.45, 2.75) is 47.0 Å². The number of hydrogen-bond acceptors (Lipinski definition) is 1. The Bertz CT molecular complexity index is 289. The summed E-state index contributed by atoms with van der Waals surface area (Å²) in [6.45, 7) is 8.00. The van der Waals surface area contributed by atoms with E-state index in [-0.39, 0.29) is 0 Å². The molecular formula is C14H23N. The molecule has 0 aromatic heterocycles. The van der Waals surface area contributed by atoms with Crippen LogP contribution in [0.3, 0.4) is 0 Å². The molecule has 0 atom stereocenters. The molecule has 1 aromatic rings. The summed E-state index contributed by atoms with van der Waals surface area (Å²) in [5, 5.41) is 7.67. The highest BCUT2D eigenvalue weighted by Crippen LogP contribution is 2.19. The van der Waals surface area contributed by atoms with Crippen LogP contribution in [-0.4, -0.2) is 5.71 Å². The first-order valence-corrected chi connectivity index (χ1v) is 6.03. The van der Waals surface area contributed by atoms with Crippen LogP contribution in [0, 0.1) is 5.41 Å². The highest BCUT2D eigenvalue weighted by atomic mass is 14.4. The minimum absolute atomic E-state index is 0.812. The first-order chi connectivity index (χ1) is 7.38. The first kappa shape index (κ1) is 13.9. The van der Waals surface area contributed by atoms with E-state index in [9.17, 15) is 0 Å². The van der Waals surface area contributed by atoms with Crippen LogP contribution < -0.4 is 0 Å². The number of rotatable bonds is 0. The van der Waals surface area contributed by atoms with Crippen LogP contribution in [-0.2, 0) is 6.42 Å². The Balaban J connectivity index is 0.000000442. The van der Waals surface area contributed by atoms with Crippen LogP contribution in [0.5, 0.6) is 0 Å². The molecule has 1 N–H and O–H groups in total. The zero-order chi connectivity index (χ0) is 11.7. The molecule has 2 rings (SSSR count). The smallest absolute Gasteiger partial charge is 0.0389 e. The third-order valence-corrected chi connectivity index (χ3v) is 2.22. The van der Waals surface area contributed by atoms with Crippen molar-refractivity contribution in [2.75, 3.05) is 0 Å². The van der Waals surface area contributed by atoms with Gasteiger partial charge in [-0.2, -0.15) is 0 Å². The molecule has 0 saturated carbocycles. The van der Waals surface area contributed by atoms with Gasteiger partial charge in [0.15, 0.2) is 0 Å². The van der Waals surface area contributed by atoms with E-state index < -0.39 is 0 Å². The molecule has 0 unspecified atom stereocenters. The van der Waals surface area contributed by atoms with Gasteiger partial charge < -0.3 is 5.41 Å². The van der Waals surface area contributed by atoms with Crippen LogP contribution in [0.25, 0.3) is 0 Å². The lowest BCUT2D eigenvalue weighted by Gasteiger charge is -2.15. The molecule has 1 aromatic carbocycles. The van der Waals surface area contributed by atoms with E-state index in [4.69, 9.17) is 5.41 Å². The molecule has 0 saturated heterocycles. The van der Waals surface area contributed by atoms with Gasteiger partial charge in [-0.3, -0.25) is 0 Å². The maximum atomic E-state index is 7.67. The van der Waals surface area contributed by atoms with Gasteiger partial charge in [0.1, 0.15) is 0 Å². The standard InChI is InChI=1S/C10H11N.2C2H6/c11-10-7-3-5-8-4-1-2-6-9(8)10;2*1-2/h1-2,4,6,11H,3,5,7H2;2*1-2H3. The molecule has 1 aliphatic rings. The largest absolute Gasteiger partial charge is 0.305 e. The lowest BCUT2D eigenvalue weighted by Crippen LogP contribution is -2.09. The van der Waals surface area contributed by atoms with Gasteiger partial charge in [0.25, 0.3) is 0 Å². The van der Waals surface area contributed by atoms with Gasteiger partial charge in [-0.25, -0.2) is 0 Å². The fourth-order valence-corrected chi connectivity index (χ4v) is 1.62. The number of nitrogens with one attached hydrogen (secondary N) is 1. The van der Waals surface area contributed by atoms with Crippen LogP contribution in [0.2, 0.25) is 0 Å². The zero-order valence-electron chi connectivity index (χ0n) is 10.4. The van der Waals surface area contributed by atoms with Crippen molar-refractivity contribution in [3.8, 4) is 0 Å². The normalized spacial score (nSPS) is 12.7. The molecule has 0 fully saturated rings. The lowest BCUT2D eigenvalue weighted by molar-refractivity contribution is 0.835. The molecule has 1 heteroatoms. The monoisotopic (exact) mass is 205 g/mol. The van der Waals surface area contributed by atoms with E-state index in [2.05, 4.69) is 18.2 Å². The molecule has 1 aliphatic carbocycles. The van der Waals surface area contributed by atoms with Gasteiger partial charge in [-0.05, 0) is 30.4 Å². The Kier molecular flexibility index (Phi) is 7.61. The molecule has 0 amide bonds. The van der Waals surface area contributed by atoms with Gasteiger partial charge in [0.05, 0.1) is 0 Å². The average Bonchev–Trinajstić information content (AvgIpc) is 2.35. The van der Waals surface area contributed by atoms with Crippen molar-refractivity contribution in [2.24, 2.45) is 0 Å². The Morgan fingerprint density at radius 3 is 2.13 bits per heavy atom. The zero-order valence-corrected chi connectivity index (χ0v) is 10.4. The minimum atomic E-state index is 0.812. The highest BCUT2D eigenvalue weighted by Gasteiger charge is 2.11. The summed E-state index contributed by atoms with van der Waals surface area (Å²) in [5.41, 5.74) is 3.33. The van der Waals surface area contributed by atoms with E-state index in [0.29, 0.717) is 0 Å². The van der Waals surface area contributed by atoms with Crippen molar-refractivity contribution in [1.82, 2.24) is 0 Å². The van der Waals surface area contributed by atoms with Crippen molar-refractivity contribution < 1.29 is 0 Å². The number of aryl methyl sites for hydroxylation is 1. The Morgan fingerprint density at radius 2 is 1.53 bits per heavy atom. The van der Waals surface area contributed by atoms with Gasteiger partial charge >= 0.3 is 0 Å². The molecular weight excluding hydrogens is 182 g/mol. The first-order valence-electron chi connectivity index (χ1n) is 6.03. The van der Waals surface area contributed by atoms with Crippen LogP contribution in [0.4, 0.5) is 0 Å². The maximum absolute atomic E-state index is 7.67. The molecule has 1 nitrogen and oxygen atoms in total. The molecule has 15 heavy (non-hydrogen) atoms. The fourth-order valence-electron chi connectivity index (χ4n) is 1.62. The lowest BCUT2D eigenvalue weighted by atomic mass is 9.90. The van der Waals surface area contributed by atoms with Crippen LogP contribution in [0.15, 0.2) is 24.3 Å². The Hall–Kier alpha value is -1.11. The summed E-state index contributed by atoms with van der Waals surface area (Å²) in [4.78, 5) is 0. The molecule has 0 radical (unpaired) electrons. The second-order valence-electron chi connectivity index (χ2n) is 2.99. The molecule has 84 valence electrons. The molecule has 0 aliphatic heterocycles. The fraction of sp³-hybridized carbons (Fsp3) is 0.500. The highest BCUT2D eigenvalue weighted by molar-refractivity contribution is 6.00. The number of benzene rings is 1. The van der Waals surface area contributed by atoms with Crippen LogP contribution in [0.1, 0.15) is 51.7 Å². The third-order valence-electron chi connectivity index (χ3n) is 2.22.